The molecule has 1 saturated heterocycles. The molecule has 1 aliphatic heterocycles. The molecule has 1 aromatic carbocycles. The van der Waals surface area contributed by atoms with Gasteiger partial charge >= 0.3 is 0 Å². The van der Waals surface area contributed by atoms with E-state index in [-0.39, 0.29) is 17.6 Å². The molecule has 0 spiro atoms. The van der Waals surface area contributed by atoms with Gasteiger partial charge in [0.15, 0.2) is 9.75 Å². The van der Waals surface area contributed by atoms with E-state index in [0.29, 0.717) is 15.6 Å². The number of hydrogen-bond acceptors (Lipinski definition) is 3. The van der Waals surface area contributed by atoms with E-state index >= 15 is 0 Å². The van der Waals surface area contributed by atoms with Gasteiger partial charge in [0.2, 0.25) is 0 Å². The Morgan fingerprint density at radius 1 is 1.36 bits per heavy atom. The molecular weight excluding hydrogens is 497 g/mol. The number of aromatic hydroxyl groups is 1. The summed E-state index contributed by atoms with van der Waals surface area (Å²) >= 11 is 20.0. The van der Waals surface area contributed by atoms with Gasteiger partial charge in [0.1, 0.15) is 5.75 Å². The van der Waals surface area contributed by atoms with Gasteiger partial charge in [0.25, 0.3) is 11.8 Å². The number of nitrogens with zero attached hydrogens (tertiary/aromatic N) is 1. The molecule has 4 nitrogen and oxygen atoms in total. The lowest BCUT2D eigenvalue weighted by Crippen LogP contribution is -2.54. The maximum atomic E-state index is 13.1. The predicted molar refractivity (Wildman–Crippen MR) is 104 cm³/mol. The van der Waals surface area contributed by atoms with Crippen molar-refractivity contribution in [3.05, 3.63) is 52.5 Å². The van der Waals surface area contributed by atoms with Crippen molar-refractivity contribution in [2.45, 2.75) is 22.1 Å². The van der Waals surface area contributed by atoms with Crippen LogP contribution in [0, 0.1) is 0 Å². The van der Waals surface area contributed by atoms with Crippen molar-refractivity contribution in [2.24, 2.45) is 0 Å². The minimum absolute atomic E-state index is 0.00574. The Labute approximate surface area is 171 Å². The van der Waals surface area contributed by atoms with Gasteiger partial charge in [-0.25, -0.2) is 0 Å². The number of rotatable bonds is 3. The van der Waals surface area contributed by atoms with Gasteiger partial charge in [-0.15, -0.1) is 23.2 Å². The molecule has 0 saturated carbocycles. The molecule has 3 unspecified atom stereocenters. The maximum Gasteiger partial charge on any atom is 0.254 e. The summed E-state index contributed by atoms with van der Waals surface area (Å²) in [5.41, 5.74) is 1.03. The first-order valence-electron chi connectivity index (χ1n) is 7.33. The number of phenolic OH excluding ortho intramolecular Hbond substituents is 1. The lowest BCUT2D eigenvalue weighted by Gasteiger charge is -2.42. The van der Waals surface area contributed by atoms with Crippen LogP contribution in [0.1, 0.15) is 17.9 Å². The van der Waals surface area contributed by atoms with Crippen molar-refractivity contribution < 1.29 is 14.7 Å². The molecule has 1 N–H and O–H groups in total. The van der Waals surface area contributed by atoms with Crippen LogP contribution >= 0.6 is 55.1 Å². The van der Waals surface area contributed by atoms with E-state index < -0.39 is 27.5 Å². The first-order chi connectivity index (χ1) is 11.7. The van der Waals surface area contributed by atoms with Crippen LogP contribution in [-0.2, 0) is 9.59 Å². The van der Waals surface area contributed by atoms with Crippen LogP contribution in [0.25, 0.3) is 0 Å². The van der Waals surface area contributed by atoms with Gasteiger partial charge in [-0.1, -0.05) is 50.6 Å². The number of imide groups is 1. The number of hydrogen-bond donors (Lipinski definition) is 1. The van der Waals surface area contributed by atoms with Crippen LogP contribution in [-0.4, -0.2) is 37.0 Å². The third-order valence-electron chi connectivity index (χ3n) is 4.72. The number of amides is 2. The molecule has 2 amide bonds. The largest absolute Gasteiger partial charge is 0.508 e. The molecule has 3 atom stereocenters. The Bertz CT molecular complexity index is 828. The van der Waals surface area contributed by atoms with E-state index in [1.165, 1.54) is 6.07 Å². The third kappa shape index (κ3) is 2.45. The fourth-order valence-electron chi connectivity index (χ4n) is 3.48. The quantitative estimate of drug-likeness (QED) is 0.372. The number of likely N-dealkylation sites (tertiary alicyclic amines) is 1. The van der Waals surface area contributed by atoms with Crippen LogP contribution < -0.4 is 0 Å². The zero-order valence-corrected chi connectivity index (χ0v) is 17.5. The Morgan fingerprint density at radius 2 is 2.04 bits per heavy atom. The number of halogens is 4. The summed E-state index contributed by atoms with van der Waals surface area (Å²) in [6, 6.07) is 4.83. The molecule has 1 heterocycles. The fraction of sp³-hybridized carbons (Fsp3) is 0.294. The molecule has 2 aliphatic rings. The van der Waals surface area contributed by atoms with E-state index in [1.807, 2.05) is 0 Å². The van der Waals surface area contributed by atoms with Crippen LogP contribution in [0.3, 0.4) is 0 Å². The zero-order valence-electron chi connectivity index (χ0n) is 12.8. The summed E-state index contributed by atoms with van der Waals surface area (Å²) in [5.74, 6) is -2.01. The van der Waals surface area contributed by atoms with E-state index in [2.05, 4.69) is 38.4 Å². The molecule has 25 heavy (non-hydrogen) atoms. The molecule has 8 heteroatoms. The second kappa shape index (κ2) is 6.41. The number of fused-ring (bicyclic) bond motifs is 1. The Kier molecular flexibility index (Phi) is 4.86. The van der Waals surface area contributed by atoms with Crippen molar-refractivity contribution >= 4 is 66.9 Å². The highest BCUT2D eigenvalue weighted by atomic mass is 79.9. The van der Waals surface area contributed by atoms with Crippen LogP contribution in [0.5, 0.6) is 5.75 Å². The Balaban J connectivity index is 2.31. The number of phenols is 1. The molecule has 1 aliphatic carbocycles. The maximum absolute atomic E-state index is 13.1. The molecule has 3 rings (SSSR count). The van der Waals surface area contributed by atoms with Gasteiger partial charge in [0.05, 0.1) is 5.45 Å². The molecule has 0 radical (unpaired) electrons. The average Bonchev–Trinajstić information content (AvgIpc) is 2.73. The zero-order chi connectivity index (χ0) is 18.6. The van der Waals surface area contributed by atoms with Crippen LogP contribution in [0.15, 0.2) is 47.0 Å². The lowest BCUT2D eigenvalue weighted by molar-refractivity contribution is -0.138. The van der Waals surface area contributed by atoms with Crippen LogP contribution in [0.4, 0.5) is 0 Å². The number of allylic oxidation sites excluding steroid dienone is 3. The van der Waals surface area contributed by atoms with Crippen molar-refractivity contribution in [2.75, 3.05) is 5.45 Å². The second-order valence-corrected chi connectivity index (χ2v) is 8.58. The average molecular weight is 510 g/mol. The second-order valence-electron chi connectivity index (χ2n) is 5.92. The Hall–Kier alpha value is -0.820. The summed E-state index contributed by atoms with van der Waals surface area (Å²) in [4.78, 5) is 23.4. The highest BCUT2D eigenvalue weighted by Crippen LogP contribution is 2.60. The van der Waals surface area contributed by atoms with Crippen molar-refractivity contribution in [1.29, 1.82) is 0 Å². The van der Waals surface area contributed by atoms with Gasteiger partial charge in [-0.2, -0.15) is 0 Å². The summed E-state index contributed by atoms with van der Waals surface area (Å²) in [7, 11) is 0. The molecule has 1 aromatic rings. The smallest absolute Gasteiger partial charge is 0.254 e. The SMILES string of the molecule is C=CC1=CCC2(Cl)C(=O)N(CBr)C(=O)C2(Cl)C1c1cc(Br)ccc1O. The highest BCUT2D eigenvalue weighted by Gasteiger charge is 2.72. The normalized spacial score (nSPS) is 31.8. The van der Waals surface area contributed by atoms with Gasteiger partial charge in [0, 0.05) is 16.0 Å². The van der Waals surface area contributed by atoms with E-state index in [9.17, 15) is 14.7 Å². The third-order valence-corrected chi connectivity index (χ3v) is 7.13. The molecule has 0 bridgehead atoms. The van der Waals surface area contributed by atoms with Gasteiger partial charge in [-0.05, 0) is 30.2 Å². The molecular formula is C17H13Br2Cl2NO3. The van der Waals surface area contributed by atoms with Crippen molar-refractivity contribution in [1.82, 2.24) is 4.90 Å². The number of alkyl halides is 3. The summed E-state index contributed by atoms with van der Waals surface area (Å²) < 4.78 is 0.698. The fourth-order valence-corrected chi connectivity index (χ4v) is 5.19. The number of carbonyl (C=O) groups is 2. The molecule has 1 fully saturated rings. The number of benzene rings is 1. The van der Waals surface area contributed by atoms with E-state index in [4.69, 9.17) is 23.2 Å². The summed E-state index contributed by atoms with van der Waals surface area (Å²) in [6.07, 6.45) is 3.41. The topological polar surface area (TPSA) is 57.6 Å². The highest BCUT2D eigenvalue weighted by molar-refractivity contribution is 9.10. The first-order valence-corrected chi connectivity index (χ1v) is 10.0. The van der Waals surface area contributed by atoms with Crippen molar-refractivity contribution in [3.63, 3.8) is 0 Å². The molecule has 0 aromatic heterocycles. The lowest BCUT2D eigenvalue weighted by atomic mass is 9.68. The minimum atomic E-state index is -1.77. The molecule has 132 valence electrons. The van der Waals surface area contributed by atoms with E-state index in [0.717, 1.165) is 4.90 Å². The van der Waals surface area contributed by atoms with E-state index in [1.54, 1.807) is 24.3 Å². The minimum Gasteiger partial charge on any atom is -0.508 e. The predicted octanol–water partition coefficient (Wildman–Crippen LogP) is 4.43. The van der Waals surface area contributed by atoms with Gasteiger partial charge < -0.3 is 5.11 Å². The van der Waals surface area contributed by atoms with Crippen LogP contribution in [0.2, 0.25) is 0 Å². The summed E-state index contributed by atoms with van der Waals surface area (Å²) in [6.45, 7) is 3.78. The Morgan fingerprint density at radius 3 is 2.64 bits per heavy atom. The van der Waals surface area contributed by atoms with Gasteiger partial charge in [-0.3, -0.25) is 14.5 Å². The number of carbonyl (C=O) groups excluding carboxylic acids is 2. The summed E-state index contributed by atoms with van der Waals surface area (Å²) in [5, 5.41) is 10.4. The standard InChI is InChI=1S/C17H13Br2Cl2NO3/c1-2-9-5-6-16(20)14(24)22(8-18)15(25)17(16,21)13(9)11-7-10(19)3-4-12(11)23/h2-5,7,13,23H,1,6,8H2. The monoisotopic (exact) mass is 507 g/mol. The first kappa shape index (κ1) is 19.0. The van der Waals surface area contributed by atoms with Crippen molar-refractivity contribution in [3.8, 4) is 5.75 Å².